The summed E-state index contributed by atoms with van der Waals surface area (Å²) in [6.45, 7) is 0.948. The molecule has 4 N–H and O–H groups in total. The molecule has 0 spiro atoms. The highest BCUT2D eigenvalue weighted by molar-refractivity contribution is 14.0. The van der Waals surface area contributed by atoms with Crippen LogP contribution in [-0.4, -0.2) is 31.0 Å². The Morgan fingerprint density at radius 1 is 1.25 bits per heavy atom. The Kier molecular flexibility index (Phi) is 10.3. The molecule has 24 heavy (non-hydrogen) atoms. The molecule has 0 saturated heterocycles. The number of hydrogen-bond donors (Lipinski definition) is 3. The highest BCUT2D eigenvalue weighted by atomic mass is 127. The first kappa shape index (κ1) is 21.2. The Balaban J connectivity index is 0.00000288. The fourth-order valence-electron chi connectivity index (χ4n) is 2.76. The molecule has 1 aliphatic rings. The third kappa shape index (κ3) is 7.83. The highest BCUT2D eigenvalue weighted by Crippen LogP contribution is 2.16. The Labute approximate surface area is 169 Å². The number of halogens is 2. The van der Waals surface area contributed by atoms with E-state index in [-0.39, 0.29) is 29.9 Å². The summed E-state index contributed by atoms with van der Waals surface area (Å²) < 4.78 is 0.889. The normalized spacial score (nSPS) is 16.0. The molecule has 0 heterocycles. The van der Waals surface area contributed by atoms with E-state index in [9.17, 15) is 4.79 Å². The van der Waals surface area contributed by atoms with Crippen molar-refractivity contribution in [2.45, 2.75) is 44.6 Å². The minimum Gasteiger partial charge on any atom is -0.370 e. The molecule has 0 atom stereocenters. The summed E-state index contributed by atoms with van der Waals surface area (Å²) in [7, 11) is 0. The smallest absolute Gasteiger partial charge is 0.251 e. The third-order valence-corrected chi connectivity index (χ3v) is 4.47. The predicted octanol–water partition coefficient (Wildman–Crippen LogP) is 3.42. The van der Waals surface area contributed by atoms with Crippen LogP contribution in [0, 0.1) is 0 Å². The van der Waals surface area contributed by atoms with E-state index in [0.29, 0.717) is 30.7 Å². The second-order valence-electron chi connectivity index (χ2n) is 5.87. The summed E-state index contributed by atoms with van der Waals surface area (Å²) in [6, 6.07) is 7.75. The average Bonchev–Trinajstić information content (AvgIpc) is 2.80. The molecular weight excluding hydrogens is 483 g/mol. The lowest BCUT2D eigenvalue weighted by Crippen LogP contribution is -2.40. The van der Waals surface area contributed by atoms with Gasteiger partial charge in [-0.3, -0.25) is 9.79 Å². The largest absolute Gasteiger partial charge is 0.370 e. The number of aliphatic imine (C=N–C) groups is 1. The van der Waals surface area contributed by atoms with Gasteiger partial charge in [0.05, 0.1) is 6.54 Å². The predicted molar refractivity (Wildman–Crippen MR) is 113 cm³/mol. The lowest BCUT2D eigenvalue weighted by Gasteiger charge is -2.16. The molecule has 1 fully saturated rings. The molecule has 0 radical (unpaired) electrons. The van der Waals surface area contributed by atoms with Crippen molar-refractivity contribution in [2.24, 2.45) is 10.7 Å². The van der Waals surface area contributed by atoms with Crippen LogP contribution in [0.5, 0.6) is 0 Å². The molecule has 134 valence electrons. The van der Waals surface area contributed by atoms with Gasteiger partial charge >= 0.3 is 0 Å². The standard InChI is InChI=1S/C17H25BrN4O.HI/c18-14-7-5-6-13(12-14)16(23)20-10-11-21-17(19)22-15-8-3-1-2-4-9-15;/h5-7,12,15H,1-4,8-11H2,(H,20,23)(H3,19,21,22);1H. The fraction of sp³-hybridized carbons (Fsp3) is 0.529. The lowest BCUT2D eigenvalue weighted by molar-refractivity contribution is 0.0954. The van der Waals surface area contributed by atoms with Crippen molar-refractivity contribution in [1.29, 1.82) is 0 Å². The monoisotopic (exact) mass is 508 g/mol. The van der Waals surface area contributed by atoms with Crippen LogP contribution in [0.2, 0.25) is 0 Å². The summed E-state index contributed by atoms with van der Waals surface area (Å²) in [5.74, 6) is 0.380. The maximum absolute atomic E-state index is 12.0. The van der Waals surface area contributed by atoms with Crippen molar-refractivity contribution in [3.8, 4) is 0 Å². The quantitative estimate of drug-likeness (QED) is 0.187. The van der Waals surface area contributed by atoms with Gasteiger partial charge in [-0.2, -0.15) is 0 Å². The zero-order valence-electron chi connectivity index (χ0n) is 13.8. The van der Waals surface area contributed by atoms with Crippen LogP contribution >= 0.6 is 39.9 Å². The van der Waals surface area contributed by atoms with Gasteiger partial charge < -0.3 is 16.4 Å². The van der Waals surface area contributed by atoms with Crippen LogP contribution in [0.4, 0.5) is 0 Å². The topological polar surface area (TPSA) is 79.5 Å². The molecule has 1 aromatic carbocycles. The average molecular weight is 509 g/mol. The van der Waals surface area contributed by atoms with E-state index < -0.39 is 0 Å². The van der Waals surface area contributed by atoms with E-state index in [1.54, 1.807) is 12.1 Å². The number of rotatable bonds is 5. The van der Waals surface area contributed by atoms with E-state index in [1.807, 2.05) is 12.1 Å². The summed E-state index contributed by atoms with van der Waals surface area (Å²) in [5, 5.41) is 6.14. The van der Waals surface area contributed by atoms with Gasteiger partial charge in [0, 0.05) is 22.6 Å². The molecule has 1 saturated carbocycles. The summed E-state index contributed by atoms with van der Waals surface area (Å²) in [4.78, 5) is 16.3. The Morgan fingerprint density at radius 3 is 2.62 bits per heavy atom. The third-order valence-electron chi connectivity index (χ3n) is 3.97. The van der Waals surface area contributed by atoms with Gasteiger partial charge in [0.2, 0.25) is 0 Å². The number of guanidine groups is 1. The van der Waals surface area contributed by atoms with Crippen molar-refractivity contribution in [1.82, 2.24) is 10.6 Å². The van der Waals surface area contributed by atoms with Crippen LogP contribution in [0.3, 0.4) is 0 Å². The van der Waals surface area contributed by atoms with E-state index in [2.05, 4.69) is 31.6 Å². The second kappa shape index (κ2) is 11.7. The lowest BCUT2D eigenvalue weighted by atomic mass is 10.1. The van der Waals surface area contributed by atoms with Crippen LogP contribution in [0.25, 0.3) is 0 Å². The molecule has 2 rings (SSSR count). The molecule has 7 heteroatoms. The van der Waals surface area contributed by atoms with Gasteiger partial charge in [-0.15, -0.1) is 24.0 Å². The van der Waals surface area contributed by atoms with Crippen molar-refractivity contribution >= 4 is 51.8 Å². The number of benzene rings is 1. The fourth-order valence-corrected chi connectivity index (χ4v) is 3.16. The summed E-state index contributed by atoms with van der Waals surface area (Å²) in [5.41, 5.74) is 6.56. The minimum absolute atomic E-state index is 0. The van der Waals surface area contributed by atoms with Gasteiger partial charge in [-0.1, -0.05) is 47.7 Å². The second-order valence-corrected chi connectivity index (χ2v) is 6.78. The zero-order chi connectivity index (χ0) is 16.5. The number of carbonyl (C=O) groups is 1. The molecule has 0 unspecified atom stereocenters. The first-order valence-corrected chi connectivity index (χ1v) is 9.04. The molecule has 0 aromatic heterocycles. The SMILES string of the molecule is I.NC(=NCCNC(=O)c1cccc(Br)c1)NC1CCCCCC1. The van der Waals surface area contributed by atoms with Gasteiger partial charge in [0.25, 0.3) is 5.91 Å². The van der Waals surface area contributed by atoms with Gasteiger partial charge in [0.15, 0.2) is 5.96 Å². The summed E-state index contributed by atoms with van der Waals surface area (Å²) >= 11 is 3.36. The van der Waals surface area contributed by atoms with Crippen LogP contribution in [-0.2, 0) is 0 Å². The van der Waals surface area contributed by atoms with Crippen molar-refractivity contribution in [3.05, 3.63) is 34.3 Å². The van der Waals surface area contributed by atoms with Crippen molar-refractivity contribution in [2.75, 3.05) is 13.1 Å². The van der Waals surface area contributed by atoms with E-state index >= 15 is 0 Å². The molecule has 0 aliphatic heterocycles. The van der Waals surface area contributed by atoms with Crippen molar-refractivity contribution < 1.29 is 4.79 Å². The van der Waals surface area contributed by atoms with Crippen molar-refractivity contribution in [3.63, 3.8) is 0 Å². The minimum atomic E-state index is -0.100. The van der Waals surface area contributed by atoms with Gasteiger partial charge in [-0.05, 0) is 31.0 Å². The Hall–Kier alpha value is -0.830. The van der Waals surface area contributed by atoms with Crippen LogP contribution in [0.15, 0.2) is 33.7 Å². The number of amides is 1. The van der Waals surface area contributed by atoms with Crippen LogP contribution in [0.1, 0.15) is 48.9 Å². The Bertz CT molecular complexity index is 545. The van der Waals surface area contributed by atoms with E-state index in [4.69, 9.17) is 5.73 Å². The van der Waals surface area contributed by atoms with Crippen LogP contribution < -0.4 is 16.4 Å². The number of nitrogens with zero attached hydrogens (tertiary/aromatic N) is 1. The molecular formula is C17H26BrIN4O. The first-order valence-electron chi connectivity index (χ1n) is 8.25. The highest BCUT2D eigenvalue weighted by Gasteiger charge is 2.12. The van der Waals surface area contributed by atoms with Gasteiger partial charge in [-0.25, -0.2) is 0 Å². The van der Waals surface area contributed by atoms with E-state index in [1.165, 1.54) is 25.7 Å². The first-order chi connectivity index (χ1) is 11.1. The number of nitrogens with one attached hydrogen (secondary N) is 2. The zero-order valence-corrected chi connectivity index (χ0v) is 17.7. The maximum Gasteiger partial charge on any atom is 0.251 e. The number of nitrogens with two attached hydrogens (primary N) is 1. The number of carbonyl (C=O) groups excluding carboxylic acids is 1. The molecule has 1 aromatic rings. The molecule has 0 bridgehead atoms. The number of hydrogen-bond acceptors (Lipinski definition) is 2. The van der Waals surface area contributed by atoms with E-state index in [0.717, 1.165) is 17.3 Å². The molecule has 1 aliphatic carbocycles. The van der Waals surface area contributed by atoms with Gasteiger partial charge in [0.1, 0.15) is 0 Å². The molecule has 5 nitrogen and oxygen atoms in total. The Morgan fingerprint density at radius 2 is 1.96 bits per heavy atom. The molecule has 1 amide bonds. The summed E-state index contributed by atoms with van der Waals surface area (Å²) in [6.07, 6.45) is 7.47. The maximum atomic E-state index is 12.0.